The van der Waals surface area contributed by atoms with Gasteiger partial charge in [0.1, 0.15) is 17.3 Å². The third-order valence-electron chi connectivity index (χ3n) is 7.54. The van der Waals surface area contributed by atoms with E-state index in [2.05, 4.69) is 47.8 Å². The van der Waals surface area contributed by atoms with Gasteiger partial charge in [-0.2, -0.15) is 15.3 Å². The van der Waals surface area contributed by atoms with Crippen LogP contribution in [0.1, 0.15) is 56.6 Å². The zero-order valence-electron chi connectivity index (χ0n) is 20.5. The first-order valence-electron chi connectivity index (χ1n) is 11.5. The molecule has 34 heavy (non-hydrogen) atoms. The fourth-order valence-electron chi connectivity index (χ4n) is 5.07. The molecule has 0 spiro atoms. The Morgan fingerprint density at radius 1 is 1.29 bits per heavy atom. The van der Waals surface area contributed by atoms with Crippen molar-refractivity contribution in [2.75, 3.05) is 20.1 Å². The van der Waals surface area contributed by atoms with Crippen LogP contribution in [0.5, 0.6) is 0 Å². The smallest absolute Gasteiger partial charge is 0.274 e. The number of hydrogen-bond donors (Lipinski definition) is 1. The first-order valence-corrected chi connectivity index (χ1v) is 11.5. The van der Waals surface area contributed by atoms with Gasteiger partial charge in [-0.25, -0.2) is 8.78 Å². The molecule has 0 unspecified atom stereocenters. The lowest BCUT2D eigenvalue weighted by molar-refractivity contribution is 0.0417. The Bertz CT molecular complexity index is 1090. The minimum Gasteiger partial charge on any atom is -0.337 e. The van der Waals surface area contributed by atoms with E-state index in [1.165, 1.54) is 25.2 Å². The number of azo groups is 1. The van der Waals surface area contributed by atoms with E-state index in [0.717, 1.165) is 18.4 Å². The number of hydrogen-bond acceptors (Lipinski definition) is 4. The third kappa shape index (κ3) is 4.72. The average molecular weight is 470 g/mol. The second-order valence-electron chi connectivity index (χ2n) is 9.65. The predicted octanol–water partition coefficient (Wildman–Crippen LogP) is 6.27. The van der Waals surface area contributed by atoms with Crippen LogP contribution in [0.15, 0.2) is 58.9 Å². The summed E-state index contributed by atoms with van der Waals surface area (Å²) < 4.78 is 28.9. The van der Waals surface area contributed by atoms with Gasteiger partial charge in [0, 0.05) is 26.3 Å². The van der Waals surface area contributed by atoms with Gasteiger partial charge in [-0.15, -0.1) is 0 Å². The molecule has 1 aliphatic carbocycles. The Balaban J connectivity index is 1.88. The molecule has 1 heterocycles. The molecule has 2 aromatic rings. The quantitative estimate of drug-likeness (QED) is 0.365. The molecule has 1 aromatic heterocycles. The Kier molecular flexibility index (Phi) is 7.48. The molecule has 2 atom stereocenters. The van der Waals surface area contributed by atoms with Crippen LogP contribution >= 0.6 is 0 Å². The van der Waals surface area contributed by atoms with Crippen molar-refractivity contribution in [1.82, 2.24) is 15.1 Å². The number of carbonyl (C=O) groups excluding carboxylic acids is 1. The van der Waals surface area contributed by atoms with E-state index in [9.17, 15) is 13.6 Å². The van der Waals surface area contributed by atoms with Gasteiger partial charge < -0.3 is 4.90 Å². The summed E-state index contributed by atoms with van der Waals surface area (Å²) in [6, 6.07) is 5.39. The number of halogens is 2. The summed E-state index contributed by atoms with van der Waals surface area (Å²) in [7, 11) is 1.46. The lowest BCUT2D eigenvalue weighted by atomic mass is 9.64. The van der Waals surface area contributed by atoms with E-state index >= 15 is 0 Å². The summed E-state index contributed by atoms with van der Waals surface area (Å²) >= 11 is 0. The number of allylic oxidation sites excluding steroid dienone is 2. The Morgan fingerprint density at radius 2 is 1.97 bits per heavy atom. The lowest BCUT2D eigenvalue weighted by Crippen LogP contribution is -2.46. The van der Waals surface area contributed by atoms with E-state index in [0.29, 0.717) is 18.8 Å². The summed E-state index contributed by atoms with van der Waals surface area (Å²) in [6.45, 7) is 13.9. The Hall–Kier alpha value is -3.16. The van der Waals surface area contributed by atoms with Gasteiger partial charge in [0.2, 0.25) is 0 Å². The van der Waals surface area contributed by atoms with E-state index in [-0.39, 0.29) is 33.9 Å². The minimum atomic E-state index is -0.697. The van der Waals surface area contributed by atoms with E-state index in [4.69, 9.17) is 0 Å². The van der Waals surface area contributed by atoms with Crippen LogP contribution in [0.2, 0.25) is 0 Å². The minimum absolute atomic E-state index is 0.0357. The summed E-state index contributed by atoms with van der Waals surface area (Å²) in [6.07, 6.45) is 4.99. The topological polar surface area (TPSA) is 73.7 Å². The van der Waals surface area contributed by atoms with Gasteiger partial charge >= 0.3 is 0 Å². The molecule has 0 saturated heterocycles. The zero-order chi connectivity index (χ0) is 25.1. The number of aromatic nitrogens is 2. The Morgan fingerprint density at radius 3 is 2.53 bits per heavy atom. The highest BCUT2D eigenvalue weighted by atomic mass is 19.1. The molecule has 0 bridgehead atoms. The normalized spacial score (nSPS) is 22.3. The van der Waals surface area contributed by atoms with Crippen LogP contribution in [0.3, 0.4) is 0 Å². The largest absolute Gasteiger partial charge is 0.337 e. The molecule has 8 heteroatoms. The van der Waals surface area contributed by atoms with E-state index in [1.54, 1.807) is 18.3 Å². The number of nitrogens with one attached hydrogen (secondary N) is 1. The van der Waals surface area contributed by atoms with Crippen molar-refractivity contribution in [1.29, 1.82) is 0 Å². The van der Waals surface area contributed by atoms with Crippen molar-refractivity contribution in [2.45, 2.75) is 40.5 Å². The van der Waals surface area contributed by atoms with Gasteiger partial charge in [0.05, 0.1) is 11.3 Å². The lowest BCUT2D eigenvalue weighted by Gasteiger charge is -2.44. The second-order valence-corrected chi connectivity index (χ2v) is 9.65. The van der Waals surface area contributed by atoms with Crippen LogP contribution in [0.4, 0.5) is 8.78 Å². The monoisotopic (exact) mass is 469 g/mol. The molecule has 0 aliphatic heterocycles. The molecule has 3 rings (SSSR count). The third-order valence-corrected chi connectivity index (χ3v) is 7.54. The molecule has 1 saturated carbocycles. The maximum Gasteiger partial charge on any atom is 0.274 e. The Labute approximate surface area is 199 Å². The summed E-state index contributed by atoms with van der Waals surface area (Å²) in [5.74, 6) is -1.47. The number of nitrogens with zero attached hydrogens (tertiary/aromatic N) is 4. The van der Waals surface area contributed by atoms with Crippen molar-refractivity contribution < 1.29 is 13.6 Å². The number of aromatic amines is 1. The van der Waals surface area contributed by atoms with Crippen LogP contribution in [-0.2, 0) is 0 Å². The van der Waals surface area contributed by atoms with Crippen molar-refractivity contribution >= 4 is 11.6 Å². The summed E-state index contributed by atoms with van der Waals surface area (Å²) in [4.78, 5) is 14.8. The fourth-order valence-corrected chi connectivity index (χ4v) is 5.07. The second kappa shape index (κ2) is 9.99. The highest BCUT2D eigenvalue weighted by molar-refractivity contribution is 5.92. The van der Waals surface area contributed by atoms with Crippen LogP contribution in [0, 0.1) is 28.4 Å². The van der Waals surface area contributed by atoms with Gasteiger partial charge in [-0.05, 0) is 66.4 Å². The highest BCUT2D eigenvalue weighted by Gasteiger charge is 2.52. The van der Waals surface area contributed by atoms with Crippen molar-refractivity contribution in [3.8, 4) is 0 Å². The number of amides is 1. The fraction of sp³-hybridized carbons (Fsp3) is 0.462. The molecule has 1 aliphatic rings. The average Bonchev–Trinajstić information content (AvgIpc) is 3.39. The molecule has 182 valence electrons. The van der Waals surface area contributed by atoms with Crippen LogP contribution in [0.25, 0.3) is 5.70 Å². The van der Waals surface area contributed by atoms with Gasteiger partial charge in [-0.1, -0.05) is 33.4 Å². The highest BCUT2D eigenvalue weighted by Crippen LogP contribution is 2.58. The molecule has 6 nitrogen and oxygen atoms in total. The first-order chi connectivity index (χ1) is 16.1. The van der Waals surface area contributed by atoms with Crippen LogP contribution < -0.4 is 0 Å². The predicted molar refractivity (Wildman–Crippen MR) is 129 cm³/mol. The maximum absolute atomic E-state index is 14.4. The SMILES string of the molecule is C=C(/C=C(\N=N/C)c1c(F)cccc1F)[C@@H]1CC[C@@](C)(CN(CC)C(=O)c2cc[nH]n2)C1(C)C. The number of rotatable bonds is 8. The van der Waals surface area contributed by atoms with Gasteiger partial charge in [-0.3, -0.25) is 9.89 Å². The molecule has 1 aromatic carbocycles. The summed E-state index contributed by atoms with van der Waals surface area (Å²) in [5.41, 5.74) is 0.576. The zero-order valence-corrected chi connectivity index (χ0v) is 20.5. The number of H-pyrrole nitrogens is 1. The molecular weight excluding hydrogens is 436 g/mol. The molecule has 1 amide bonds. The maximum atomic E-state index is 14.4. The molecular formula is C26H33F2N5O. The standard InChI is InChI=1S/C26H33F2N5O/c1-7-33(24(34)21-12-14-30-32-21)16-26(5)13-11-18(25(26,3)4)17(2)15-22(31-29-6)23-19(27)9-8-10-20(23)28/h8-10,12,14-15,18H,2,7,11,13,16H2,1,3-6H3,(H,30,32)/b22-15-,31-29-/t18-,26-/m0/s1. The first kappa shape index (κ1) is 25.5. The van der Waals surface area contributed by atoms with Crippen LogP contribution in [-0.4, -0.2) is 41.1 Å². The van der Waals surface area contributed by atoms with Gasteiger partial charge in [0.25, 0.3) is 5.91 Å². The molecule has 1 fully saturated rings. The van der Waals surface area contributed by atoms with E-state index < -0.39 is 11.6 Å². The number of benzene rings is 1. The van der Waals surface area contributed by atoms with Crippen molar-refractivity contribution in [3.63, 3.8) is 0 Å². The molecule has 1 N–H and O–H groups in total. The number of carbonyl (C=O) groups is 1. The van der Waals surface area contributed by atoms with E-state index in [1.807, 2.05) is 11.8 Å². The van der Waals surface area contributed by atoms with Gasteiger partial charge in [0.15, 0.2) is 0 Å². The van der Waals surface area contributed by atoms with Crippen molar-refractivity contribution in [3.05, 3.63) is 71.6 Å². The summed E-state index contributed by atoms with van der Waals surface area (Å²) in [5, 5.41) is 14.5. The van der Waals surface area contributed by atoms with Crippen molar-refractivity contribution in [2.24, 2.45) is 27.0 Å². The molecule has 0 radical (unpaired) electrons.